The molecular formula is C26H37N7O2. The Kier molecular flexibility index (Phi) is 7.25. The van der Waals surface area contributed by atoms with Crippen LogP contribution in [0.15, 0.2) is 30.3 Å². The Hall–Kier alpha value is -3.20. The van der Waals surface area contributed by atoms with Crippen LogP contribution >= 0.6 is 0 Å². The highest BCUT2D eigenvalue weighted by Gasteiger charge is 2.37. The Balaban J connectivity index is 1.76. The van der Waals surface area contributed by atoms with E-state index in [4.69, 9.17) is 9.97 Å². The molecule has 9 nitrogen and oxygen atoms in total. The molecule has 2 aromatic rings. The number of anilines is 2. The molecule has 2 amide bonds. The number of benzene rings is 1. The number of fused-ring (bicyclic) bond motifs is 1. The van der Waals surface area contributed by atoms with Gasteiger partial charge in [-0.05, 0) is 33.5 Å². The van der Waals surface area contributed by atoms with Crippen LogP contribution in [0.2, 0.25) is 0 Å². The van der Waals surface area contributed by atoms with Crippen molar-refractivity contribution in [3.8, 4) is 0 Å². The number of piperazine rings is 1. The highest BCUT2D eigenvalue weighted by molar-refractivity contribution is 5.98. The first-order valence-electron chi connectivity index (χ1n) is 12.3. The van der Waals surface area contributed by atoms with Gasteiger partial charge in [0, 0.05) is 58.3 Å². The van der Waals surface area contributed by atoms with Gasteiger partial charge in [0.25, 0.3) is 5.91 Å². The third-order valence-corrected chi connectivity index (χ3v) is 6.92. The smallest absolute Gasteiger partial charge is 0.273 e. The van der Waals surface area contributed by atoms with Crippen molar-refractivity contribution in [3.05, 3.63) is 47.2 Å². The van der Waals surface area contributed by atoms with Crippen LogP contribution in [-0.2, 0) is 11.3 Å². The zero-order valence-corrected chi connectivity index (χ0v) is 21.7. The first-order valence-corrected chi connectivity index (χ1v) is 12.3. The van der Waals surface area contributed by atoms with E-state index in [-0.39, 0.29) is 23.9 Å². The minimum atomic E-state index is -0.0421. The highest BCUT2D eigenvalue weighted by Crippen LogP contribution is 2.35. The quantitative estimate of drug-likeness (QED) is 0.603. The van der Waals surface area contributed by atoms with Gasteiger partial charge in [0.2, 0.25) is 11.9 Å². The zero-order valence-electron chi connectivity index (χ0n) is 21.7. The molecule has 0 aliphatic carbocycles. The minimum absolute atomic E-state index is 0.0421. The minimum Gasteiger partial charge on any atom is -0.351 e. The average Bonchev–Trinajstić information content (AvgIpc) is 3.18. The molecule has 1 fully saturated rings. The number of aromatic nitrogens is 2. The molecule has 0 radical (unpaired) electrons. The summed E-state index contributed by atoms with van der Waals surface area (Å²) in [6.07, 6.45) is 0. The summed E-state index contributed by atoms with van der Waals surface area (Å²) in [5, 5.41) is 0. The lowest BCUT2D eigenvalue weighted by Crippen LogP contribution is -2.48. The molecule has 9 heteroatoms. The highest BCUT2D eigenvalue weighted by atomic mass is 16.2. The largest absolute Gasteiger partial charge is 0.351 e. The molecular weight excluding hydrogens is 442 g/mol. The summed E-state index contributed by atoms with van der Waals surface area (Å²) in [7, 11) is 6.19. The molecule has 4 rings (SSSR count). The van der Waals surface area contributed by atoms with Crippen LogP contribution in [0.4, 0.5) is 11.8 Å². The van der Waals surface area contributed by atoms with Gasteiger partial charge in [-0.3, -0.25) is 9.59 Å². The van der Waals surface area contributed by atoms with Gasteiger partial charge in [-0.2, -0.15) is 4.98 Å². The van der Waals surface area contributed by atoms with Crippen LogP contribution in [0.3, 0.4) is 0 Å². The molecule has 0 N–H and O–H groups in total. The molecule has 1 atom stereocenters. The molecule has 1 saturated heterocycles. The molecule has 3 heterocycles. The van der Waals surface area contributed by atoms with E-state index in [1.54, 1.807) is 6.92 Å². The Morgan fingerprint density at radius 2 is 1.69 bits per heavy atom. The summed E-state index contributed by atoms with van der Waals surface area (Å²) in [5.74, 6) is 1.40. The van der Waals surface area contributed by atoms with Crippen LogP contribution in [0.25, 0.3) is 0 Å². The van der Waals surface area contributed by atoms with Crippen LogP contribution in [0.1, 0.15) is 48.4 Å². The second-order valence-corrected chi connectivity index (χ2v) is 9.99. The monoisotopic (exact) mass is 479 g/mol. The molecule has 1 aromatic heterocycles. The van der Waals surface area contributed by atoms with Crippen molar-refractivity contribution in [1.82, 2.24) is 24.7 Å². The van der Waals surface area contributed by atoms with Gasteiger partial charge < -0.3 is 24.5 Å². The SMILES string of the molecule is CC(=O)N1CCN(c2nc3c(c(N(C)C(CN(C)C)c4ccccc4)n2)CN(C(C)C)C3=O)CC1. The Labute approximate surface area is 208 Å². The van der Waals surface area contributed by atoms with E-state index in [1.807, 2.05) is 29.7 Å². The van der Waals surface area contributed by atoms with E-state index in [0.29, 0.717) is 44.4 Å². The van der Waals surface area contributed by atoms with E-state index >= 15 is 0 Å². The normalized spacial score (nSPS) is 16.8. The molecule has 0 bridgehead atoms. The molecule has 0 spiro atoms. The number of hydrogen-bond acceptors (Lipinski definition) is 7. The number of carbonyl (C=O) groups is 2. The standard InChI is InChI=1S/C26H37N7O2/c1-18(2)33-16-21-23(25(33)35)27-26(32-14-12-31(13-15-32)19(3)34)28-24(21)30(6)22(17-29(4)5)20-10-8-7-9-11-20/h7-11,18,22H,12-17H2,1-6H3. The van der Waals surface area contributed by atoms with Gasteiger partial charge in [0.1, 0.15) is 11.5 Å². The maximum atomic E-state index is 13.3. The fourth-order valence-corrected chi connectivity index (χ4v) is 4.85. The maximum Gasteiger partial charge on any atom is 0.273 e. The number of amides is 2. The number of carbonyl (C=O) groups excluding carboxylic acids is 2. The van der Waals surface area contributed by atoms with Crippen LogP contribution in [0, 0.1) is 0 Å². The van der Waals surface area contributed by atoms with Gasteiger partial charge in [-0.25, -0.2) is 4.98 Å². The van der Waals surface area contributed by atoms with Crippen LogP contribution in [0.5, 0.6) is 0 Å². The number of hydrogen-bond donors (Lipinski definition) is 0. The van der Waals surface area contributed by atoms with Crippen molar-refractivity contribution in [2.45, 2.75) is 39.4 Å². The lowest BCUT2D eigenvalue weighted by Gasteiger charge is -2.36. The summed E-state index contributed by atoms with van der Waals surface area (Å²) >= 11 is 0. The van der Waals surface area contributed by atoms with Crippen molar-refractivity contribution in [3.63, 3.8) is 0 Å². The summed E-state index contributed by atoms with van der Waals surface area (Å²) in [4.78, 5) is 45.1. The van der Waals surface area contributed by atoms with Gasteiger partial charge in [0.05, 0.1) is 12.6 Å². The van der Waals surface area contributed by atoms with Gasteiger partial charge in [-0.15, -0.1) is 0 Å². The topological polar surface area (TPSA) is 76.1 Å². The van der Waals surface area contributed by atoms with Crippen molar-refractivity contribution in [1.29, 1.82) is 0 Å². The van der Waals surface area contributed by atoms with Crippen molar-refractivity contribution < 1.29 is 9.59 Å². The number of nitrogens with zero attached hydrogens (tertiary/aromatic N) is 7. The predicted molar refractivity (Wildman–Crippen MR) is 138 cm³/mol. The van der Waals surface area contributed by atoms with E-state index in [9.17, 15) is 9.59 Å². The molecule has 2 aliphatic rings. The average molecular weight is 480 g/mol. The second-order valence-electron chi connectivity index (χ2n) is 9.99. The summed E-state index contributed by atoms with van der Waals surface area (Å²) < 4.78 is 0. The first kappa shape index (κ1) is 24.9. The molecule has 0 saturated carbocycles. The molecule has 188 valence electrons. The molecule has 1 aromatic carbocycles. The van der Waals surface area contributed by atoms with Crippen LogP contribution in [-0.4, -0.2) is 96.4 Å². The summed E-state index contributed by atoms with van der Waals surface area (Å²) in [6.45, 7) is 9.50. The second kappa shape index (κ2) is 10.2. The maximum absolute atomic E-state index is 13.3. The lowest BCUT2D eigenvalue weighted by atomic mass is 10.0. The van der Waals surface area contributed by atoms with E-state index < -0.39 is 0 Å². The number of likely N-dealkylation sites (N-methyl/N-ethyl adjacent to an activating group) is 2. The van der Waals surface area contributed by atoms with Crippen molar-refractivity contribution in [2.75, 3.05) is 63.7 Å². The third kappa shape index (κ3) is 5.10. The fourth-order valence-electron chi connectivity index (χ4n) is 4.85. The number of rotatable bonds is 7. The Morgan fingerprint density at radius 3 is 2.26 bits per heavy atom. The summed E-state index contributed by atoms with van der Waals surface area (Å²) in [6, 6.07) is 10.5. The lowest BCUT2D eigenvalue weighted by molar-refractivity contribution is -0.129. The summed E-state index contributed by atoms with van der Waals surface area (Å²) in [5.41, 5.74) is 2.57. The Bertz CT molecular complexity index is 1060. The van der Waals surface area contributed by atoms with Gasteiger partial charge >= 0.3 is 0 Å². The zero-order chi connectivity index (χ0) is 25.3. The Morgan fingerprint density at radius 1 is 1.03 bits per heavy atom. The van der Waals surface area contributed by atoms with E-state index in [0.717, 1.165) is 17.9 Å². The fraction of sp³-hybridized carbons (Fsp3) is 0.538. The van der Waals surface area contributed by atoms with Crippen molar-refractivity contribution in [2.24, 2.45) is 0 Å². The molecule has 35 heavy (non-hydrogen) atoms. The van der Waals surface area contributed by atoms with Gasteiger partial charge in [-0.1, -0.05) is 30.3 Å². The third-order valence-electron chi connectivity index (χ3n) is 6.92. The van der Waals surface area contributed by atoms with Gasteiger partial charge in [0.15, 0.2) is 0 Å². The predicted octanol–water partition coefficient (Wildman–Crippen LogP) is 2.25. The molecule has 2 aliphatic heterocycles. The molecule has 1 unspecified atom stereocenters. The van der Waals surface area contributed by atoms with Crippen LogP contribution < -0.4 is 9.80 Å². The first-order chi connectivity index (χ1) is 16.7. The van der Waals surface area contributed by atoms with E-state index in [2.05, 4.69) is 60.1 Å². The van der Waals surface area contributed by atoms with Crippen molar-refractivity contribution >= 4 is 23.6 Å². The van der Waals surface area contributed by atoms with E-state index in [1.165, 1.54) is 5.56 Å².